The third-order valence-electron chi connectivity index (χ3n) is 4.86. The number of rotatable bonds is 5. The number of piperazine rings is 1. The summed E-state index contributed by atoms with van der Waals surface area (Å²) in [4.78, 5) is 2.44. The molecule has 0 spiro atoms. The Morgan fingerprint density at radius 1 is 1.37 bits per heavy atom. The number of hydrogen-bond donors (Lipinski definition) is 1. The van der Waals surface area contributed by atoms with Gasteiger partial charge in [0.2, 0.25) is 0 Å². The van der Waals surface area contributed by atoms with Crippen molar-refractivity contribution in [1.82, 2.24) is 10.2 Å². The van der Waals surface area contributed by atoms with Gasteiger partial charge in [-0.3, -0.25) is 4.90 Å². The summed E-state index contributed by atoms with van der Waals surface area (Å²) < 4.78 is 22.9. The van der Waals surface area contributed by atoms with Gasteiger partial charge >= 0.3 is 0 Å². The molecule has 19 heavy (non-hydrogen) atoms. The van der Waals surface area contributed by atoms with Crippen molar-refractivity contribution in [1.29, 1.82) is 0 Å². The minimum absolute atomic E-state index is 0.149. The third kappa shape index (κ3) is 3.70. The Morgan fingerprint density at radius 2 is 2.00 bits per heavy atom. The number of nitrogens with one attached hydrogen (secondary N) is 1. The monoisotopic (exact) mass is 288 g/mol. The van der Waals surface area contributed by atoms with Gasteiger partial charge in [-0.1, -0.05) is 13.8 Å². The first kappa shape index (κ1) is 15.3. The topological polar surface area (TPSA) is 49.4 Å². The molecular weight excluding hydrogens is 260 g/mol. The van der Waals surface area contributed by atoms with Gasteiger partial charge in [0, 0.05) is 37.5 Å². The molecule has 5 heteroatoms. The molecule has 0 aromatic rings. The quantitative estimate of drug-likeness (QED) is 0.824. The fraction of sp³-hybridized carbons (Fsp3) is 1.00. The summed E-state index contributed by atoms with van der Waals surface area (Å²) in [5.74, 6) is 1.61. The first-order chi connectivity index (χ1) is 8.72. The fourth-order valence-corrected chi connectivity index (χ4v) is 3.69. The molecular formula is C14H28N2O2S. The van der Waals surface area contributed by atoms with Crippen LogP contribution in [-0.2, 0) is 9.84 Å². The summed E-state index contributed by atoms with van der Waals surface area (Å²) in [6.07, 6.45) is 3.92. The van der Waals surface area contributed by atoms with E-state index in [9.17, 15) is 8.42 Å². The van der Waals surface area contributed by atoms with Crippen molar-refractivity contribution in [2.75, 3.05) is 31.6 Å². The summed E-state index contributed by atoms with van der Waals surface area (Å²) in [5, 5.41) is 3.67. The van der Waals surface area contributed by atoms with Crippen molar-refractivity contribution in [2.24, 2.45) is 11.8 Å². The SMILES string of the molecule is CC(C)C1CN(CCS(C)(=O)=O)C(C)(C2CC2)CN1. The smallest absolute Gasteiger partial charge is 0.148 e. The molecule has 1 aliphatic heterocycles. The van der Waals surface area contributed by atoms with Crippen LogP contribution in [0.5, 0.6) is 0 Å². The summed E-state index contributed by atoms with van der Waals surface area (Å²) >= 11 is 0. The van der Waals surface area contributed by atoms with Crippen LogP contribution in [0.3, 0.4) is 0 Å². The minimum Gasteiger partial charge on any atom is -0.311 e. The minimum atomic E-state index is -2.88. The van der Waals surface area contributed by atoms with E-state index in [1.54, 1.807) is 0 Å². The van der Waals surface area contributed by atoms with Crippen molar-refractivity contribution in [3.05, 3.63) is 0 Å². The van der Waals surface area contributed by atoms with Crippen LogP contribution in [0.25, 0.3) is 0 Å². The van der Waals surface area contributed by atoms with Crippen LogP contribution in [0.2, 0.25) is 0 Å². The van der Waals surface area contributed by atoms with Crippen molar-refractivity contribution in [3.63, 3.8) is 0 Å². The highest BCUT2D eigenvalue weighted by molar-refractivity contribution is 7.90. The Kier molecular flexibility index (Phi) is 4.29. The van der Waals surface area contributed by atoms with Gasteiger partial charge in [-0.05, 0) is 31.6 Å². The van der Waals surface area contributed by atoms with E-state index in [0.717, 1.165) is 19.0 Å². The zero-order valence-electron chi connectivity index (χ0n) is 12.6. The molecule has 112 valence electrons. The number of sulfone groups is 1. The predicted octanol–water partition coefficient (Wildman–Crippen LogP) is 1.13. The Morgan fingerprint density at radius 3 is 2.47 bits per heavy atom. The molecule has 1 aliphatic carbocycles. The van der Waals surface area contributed by atoms with E-state index in [1.165, 1.54) is 19.1 Å². The van der Waals surface area contributed by atoms with Crippen LogP contribution >= 0.6 is 0 Å². The molecule has 4 nitrogen and oxygen atoms in total. The summed E-state index contributed by atoms with van der Waals surface area (Å²) in [6.45, 7) is 9.40. The molecule has 0 aromatic carbocycles. The first-order valence-corrected chi connectivity index (χ1v) is 9.44. The summed E-state index contributed by atoms with van der Waals surface area (Å²) in [5.41, 5.74) is 0.149. The van der Waals surface area contributed by atoms with E-state index in [0.29, 0.717) is 18.5 Å². The number of hydrogen-bond acceptors (Lipinski definition) is 4. The lowest BCUT2D eigenvalue weighted by Crippen LogP contribution is -2.66. The largest absolute Gasteiger partial charge is 0.311 e. The van der Waals surface area contributed by atoms with Crippen molar-refractivity contribution < 1.29 is 8.42 Å². The maximum absolute atomic E-state index is 11.4. The second kappa shape index (κ2) is 5.34. The normalized spacial score (nSPS) is 33.8. The highest BCUT2D eigenvalue weighted by Gasteiger charge is 2.48. The molecule has 1 heterocycles. The van der Waals surface area contributed by atoms with Crippen LogP contribution < -0.4 is 5.32 Å². The third-order valence-corrected chi connectivity index (χ3v) is 5.78. The van der Waals surface area contributed by atoms with Crippen molar-refractivity contribution >= 4 is 9.84 Å². The maximum Gasteiger partial charge on any atom is 0.148 e. The van der Waals surface area contributed by atoms with Gasteiger partial charge < -0.3 is 5.32 Å². The molecule has 0 amide bonds. The molecule has 2 fully saturated rings. The molecule has 2 unspecified atom stereocenters. The van der Waals surface area contributed by atoms with Gasteiger partial charge in [0.15, 0.2) is 0 Å². The molecule has 0 aromatic heterocycles. The average molecular weight is 288 g/mol. The van der Waals surface area contributed by atoms with Crippen molar-refractivity contribution in [2.45, 2.75) is 45.2 Å². The molecule has 1 saturated heterocycles. The number of nitrogens with zero attached hydrogens (tertiary/aromatic N) is 1. The van der Waals surface area contributed by atoms with E-state index in [1.807, 2.05) is 0 Å². The van der Waals surface area contributed by atoms with Gasteiger partial charge in [-0.25, -0.2) is 8.42 Å². The van der Waals surface area contributed by atoms with Gasteiger partial charge in [0.25, 0.3) is 0 Å². The summed E-state index contributed by atoms with van der Waals surface area (Å²) in [6, 6.07) is 0.478. The van der Waals surface area contributed by atoms with Gasteiger partial charge in [-0.15, -0.1) is 0 Å². The summed E-state index contributed by atoms with van der Waals surface area (Å²) in [7, 11) is -2.88. The van der Waals surface area contributed by atoms with Gasteiger partial charge in [0.1, 0.15) is 9.84 Å². The Labute approximate surface area is 117 Å². The molecule has 0 bridgehead atoms. The highest BCUT2D eigenvalue weighted by Crippen LogP contribution is 2.44. The van der Waals surface area contributed by atoms with Crippen LogP contribution in [0, 0.1) is 11.8 Å². The molecule has 2 rings (SSSR count). The molecule has 2 atom stereocenters. The lowest BCUT2D eigenvalue weighted by molar-refractivity contribution is 0.0309. The molecule has 2 aliphatic rings. The highest BCUT2D eigenvalue weighted by atomic mass is 32.2. The average Bonchev–Trinajstić information content (AvgIpc) is 3.10. The van der Waals surface area contributed by atoms with Gasteiger partial charge in [-0.2, -0.15) is 0 Å². The van der Waals surface area contributed by atoms with E-state index in [4.69, 9.17) is 0 Å². The van der Waals surface area contributed by atoms with Crippen LogP contribution in [0.1, 0.15) is 33.6 Å². The Balaban J connectivity index is 2.07. The van der Waals surface area contributed by atoms with Crippen LogP contribution in [-0.4, -0.2) is 56.5 Å². The lowest BCUT2D eigenvalue weighted by atomic mass is 9.87. The van der Waals surface area contributed by atoms with E-state index in [-0.39, 0.29) is 11.3 Å². The Hall–Kier alpha value is -0.130. The Bertz CT molecular complexity index is 417. The van der Waals surface area contributed by atoms with Crippen molar-refractivity contribution in [3.8, 4) is 0 Å². The van der Waals surface area contributed by atoms with E-state index >= 15 is 0 Å². The van der Waals surface area contributed by atoms with Crippen LogP contribution in [0.4, 0.5) is 0 Å². The second-order valence-corrected chi connectivity index (χ2v) is 9.20. The molecule has 1 N–H and O–H groups in total. The zero-order valence-corrected chi connectivity index (χ0v) is 13.5. The predicted molar refractivity (Wildman–Crippen MR) is 79.0 cm³/mol. The van der Waals surface area contributed by atoms with Gasteiger partial charge in [0.05, 0.1) is 5.75 Å². The standard InChI is InChI=1S/C14H28N2O2S/c1-11(2)13-9-16(7-8-19(4,17)18)14(3,10-15-13)12-5-6-12/h11-13,15H,5-10H2,1-4H3. The fourth-order valence-electron chi connectivity index (χ4n) is 3.14. The molecule has 1 saturated carbocycles. The maximum atomic E-state index is 11.4. The van der Waals surface area contributed by atoms with Crippen LogP contribution in [0.15, 0.2) is 0 Å². The second-order valence-electron chi connectivity index (χ2n) is 6.94. The van der Waals surface area contributed by atoms with E-state index < -0.39 is 9.84 Å². The zero-order chi connectivity index (χ0) is 14.3. The lowest BCUT2D eigenvalue weighted by Gasteiger charge is -2.49. The molecule has 0 radical (unpaired) electrons. The van der Waals surface area contributed by atoms with E-state index in [2.05, 4.69) is 31.0 Å². The first-order valence-electron chi connectivity index (χ1n) is 7.38.